The van der Waals surface area contributed by atoms with E-state index in [0.717, 1.165) is 12.2 Å². The summed E-state index contributed by atoms with van der Waals surface area (Å²) in [6.45, 7) is 2.00. The summed E-state index contributed by atoms with van der Waals surface area (Å²) >= 11 is 0. The maximum atomic E-state index is 4.45. The number of aromatic nitrogens is 2. The fraction of sp³-hybridized carbons (Fsp3) is 0.182. The molecular formula is C11H10N2. The number of rotatable bonds is 0. The van der Waals surface area contributed by atoms with E-state index in [1.165, 1.54) is 22.5 Å². The number of hydrogen-bond donors (Lipinski definition) is 1. The number of H-pyrrole nitrogens is 1. The van der Waals surface area contributed by atoms with Crippen LogP contribution in [-0.2, 0) is 6.42 Å². The van der Waals surface area contributed by atoms with Gasteiger partial charge in [0.25, 0.3) is 0 Å². The second kappa shape index (κ2) is 2.22. The van der Waals surface area contributed by atoms with Gasteiger partial charge in [-0.3, -0.25) is 0 Å². The van der Waals surface area contributed by atoms with Crippen molar-refractivity contribution in [2.45, 2.75) is 13.3 Å². The maximum absolute atomic E-state index is 4.45. The molecule has 0 saturated heterocycles. The predicted octanol–water partition coefficient (Wildman–Crippen LogP) is 2.29. The van der Waals surface area contributed by atoms with Crippen molar-refractivity contribution in [1.29, 1.82) is 0 Å². The zero-order valence-corrected chi connectivity index (χ0v) is 7.46. The van der Waals surface area contributed by atoms with Crippen molar-refractivity contribution in [2.24, 2.45) is 0 Å². The van der Waals surface area contributed by atoms with Crippen molar-refractivity contribution in [1.82, 2.24) is 9.97 Å². The van der Waals surface area contributed by atoms with Gasteiger partial charge in [0.1, 0.15) is 5.82 Å². The minimum Gasteiger partial charge on any atom is -0.342 e. The van der Waals surface area contributed by atoms with E-state index in [4.69, 9.17) is 0 Å². The number of imidazole rings is 1. The smallest absolute Gasteiger partial charge is 0.103 e. The van der Waals surface area contributed by atoms with Gasteiger partial charge in [0, 0.05) is 12.0 Å². The fourth-order valence-corrected chi connectivity index (χ4v) is 1.99. The number of nitrogens with one attached hydrogen (secondary N) is 1. The van der Waals surface area contributed by atoms with Gasteiger partial charge in [-0.2, -0.15) is 0 Å². The normalized spacial score (nSPS) is 12.7. The first kappa shape index (κ1) is 6.89. The lowest BCUT2D eigenvalue weighted by atomic mass is 10.1. The van der Waals surface area contributed by atoms with Crippen LogP contribution < -0.4 is 0 Å². The molecular weight excluding hydrogens is 160 g/mol. The van der Waals surface area contributed by atoms with Crippen molar-refractivity contribution in [3.8, 4) is 11.3 Å². The van der Waals surface area contributed by atoms with Crippen LogP contribution in [0, 0.1) is 6.92 Å². The van der Waals surface area contributed by atoms with Gasteiger partial charge in [-0.25, -0.2) is 4.98 Å². The Hall–Kier alpha value is -1.57. The molecule has 0 amide bonds. The van der Waals surface area contributed by atoms with Gasteiger partial charge in [-0.05, 0) is 12.5 Å². The van der Waals surface area contributed by atoms with Crippen molar-refractivity contribution in [2.75, 3.05) is 0 Å². The lowest BCUT2D eigenvalue weighted by molar-refractivity contribution is 1.08. The van der Waals surface area contributed by atoms with E-state index in [2.05, 4.69) is 34.2 Å². The molecule has 0 saturated carbocycles. The summed E-state index contributed by atoms with van der Waals surface area (Å²) in [5.41, 5.74) is 5.11. The number of aryl methyl sites for hydroxylation is 1. The Morgan fingerprint density at radius 3 is 3.08 bits per heavy atom. The van der Waals surface area contributed by atoms with Crippen LogP contribution in [-0.4, -0.2) is 9.97 Å². The molecule has 0 fully saturated rings. The second-order valence-corrected chi connectivity index (χ2v) is 3.48. The molecule has 0 atom stereocenters. The number of aromatic amines is 1. The first-order chi connectivity index (χ1) is 6.34. The molecule has 1 N–H and O–H groups in total. The number of nitrogens with zero attached hydrogens (tertiary/aromatic N) is 1. The third-order valence-corrected chi connectivity index (χ3v) is 2.54. The van der Waals surface area contributed by atoms with E-state index in [1.807, 2.05) is 6.92 Å². The van der Waals surface area contributed by atoms with Crippen LogP contribution in [0.2, 0.25) is 0 Å². The summed E-state index contributed by atoms with van der Waals surface area (Å²) < 4.78 is 0. The van der Waals surface area contributed by atoms with Gasteiger partial charge in [0.15, 0.2) is 0 Å². The number of hydrogen-bond acceptors (Lipinski definition) is 1. The summed E-state index contributed by atoms with van der Waals surface area (Å²) in [4.78, 5) is 7.75. The first-order valence-electron chi connectivity index (χ1n) is 4.48. The Kier molecular flexibility index (Phi) is 1.18. The summed E-state index contributed by atoms with van der Waals surface area (Å²) in [6.07, 6.45) is 0.982. The Labute approximate surface area is 76.6 Å². The van der Waals surface area contributed by atoms with E-state index in [-0.39, 0.29) is 0 Å². The number of benzene rings is 1. The van der Waals surface area contributed by atoms with E-state index in [1.54, 1.807) is 0 Å². The molecule has 1 heterocycles. The molecule has 3 rings (SSSR count). The molecule has 1 aliphatic carbocycles. The highest BCUT2D eigenvalue weighted by molar-refractivity contribution is 5.72. The zero-order chi connectivity index (χ0) is 8.84. The van der Waals surface area contributed by atoms with Crippen LogP contribution in [0.3, 0.4) is 0 Å². The maximum Gasteiger partial charge on any atom is 0.103 e. The first-order valence-corrected chi connectivity index (χ1v) is 4.48. The second-order valence-electron chi connectivity index (χ2n) is 3.48. The molecule has 1 aromatic carbocycles. The zero-order valence-electron chi connectivity index (χ0n) is 7.46. The van der Waals surface area contributed by atoms with Gasteiger partial charge in [-0.15, -0.1) is 0 Å². The molecule has 2 heteroatoms. The molecule has 2 nitrogen and oxygen atoms in total. The van der Waals surface area contributed by atoms with Crippen molar-refractivity contribution >= 4 is 0 Å². The standard InChI is InChI=1S/C11H10N2/c1-7-12-10-6-8-4-2-3-5-9(8)11(10)13-7/h2-5H,6H2,1H3,(H,12,13). The lowest BCUT2D eigenvalue weighted by Gasteiger charge is -1.96. The Balaban J connectivity index is 2.30. The van der Waals surface area contributed by atoms with Gasteiger partial charge in [-0.1, -0.05) is 24.3 Å². The lowest BCUT2D eigenvalue weighted by Crippen LogP contribution is -1.83. The molecule has 0 aliphatic heterocycles. The van der Waals surface area contributed by atoms with E-state index >= 15 is 0 Å². The minimum absolute atomic E-state index is 0.982. The third-order valence-electron chi connectivity index (χ3n) is 2.54. The Bertz CT molecular complexity index is 469. The summed E-state index contributed by atoms with van der Waals surface area (Å²) in [7, 11) is 0. The topological polar surface area (TPSA) is 28.7 Å². The Morgan fingerprint density at radius 2 is 2.15 bits per heavy atom. The van der Waals surface area contributed by atoms with Crippen LogP contribution >= 0.6 is 0 Å². The minimum atomic E-state index is 0.982. The van der Waals surface area contributed by atoms with Crippen molar-refractivity contribution in [3.63, 3.8) is 0 Å². The van der Waals surface area contributed by atoms with Crippen LogP contribution in [0.4, 0.5) is 0 Å². The number of fused-ring (bicyclic) bond motifs is 3. The molecule has 0 radical (unpaired) electrons. The van der Waals surface area contributed by atoms with Gasteiger partial charge in [0.2, 0.25) is 0 Å². The van der Waals surface area contributed by atoms with E-state index < -0.39 is 0 Å². The van der Waals surface area contributed by atoms with Crippen molar-refractivity contribution < 1.29 is 0 Å². The average Bonchev–Trinajstić information content (AvgIpc) is 2.60. The average molecular weight is 170 g/mol. The van der Waals surface area contributed by atoms with Gasteiger partial charge < -0.3 is 4.98 Å². The monoisotopic (exact) mass is 170 g/mol. The molecule has 1 aliphatic rings. The fourth-order valence-electron chi connectivity index (χ4n) is 1.99. The molecule has 2 aromatic rings. The van der Waals surface area contributed by atoms with Gasteiger partial charge in [0.05, 0.1) is 11.4 Å². The van der Waals surface area contributed by atoms with Crippen LogP contribution in [0.1, 0.15) is 17.1 Å². The van der Waals surface area contributed by atoms with Crippen LogP contribution in [0.25, 0.3) is 11.3 Å². The predicted molar refractivity (Wildman–Crippen MR) is 51.6 cm³/mol. The highest BCUT2D eigenvalue weighted by atomic mass is 14.9. The summed E-state index contributed by atoms with van der Waals surface area (Å²) in [5.74, 6) is 1.01. The van der Waals surface area contributed by atoms with Crippen molar-refractivity contribution in [3.05, 3.63) is 41.3 Å². The summed E-state index contributed by atoms with van der Waals surface area (Å²) in [5, 5.41) is 0. The van der Waals surface area contributed by atoms with E-state index in [9.17, 15) is 0 Å². The molecule has 64 valence electrons. The molecule has 1 aromatic heterocycles. The molecule has 13 heavy (non-hydrogen) atoms. The molecule has 0 unspecified atom stereocenters. The summed E-state index contributed by atoms with van der Waals surface area (Å²) in [6, 6.07) is 8.47. The largest absolute Gasteiger partial charge is 0.342 e. The highest BCUT2D eigenvalue weighted by Gasteiger charge is 2.20. The van der Waals surface area contributed by atoms with Crippen LogP contribution in [0.5, 0.6) is 0 Å². The Morgan fingerprint density at radius 1 is 1.31 bits per heavy atom. The molecule has 0 bridgehead atoms. The highest BCUT2D eigenvalue weighted by Crippen LogP contribution is 2.34. The molecule has 0 spiro atoms. The SMILES string of the molecule is Cc1nc2c([nH]1)-c1ccccc1C2. The van der Waals surface area contributed by atoms with Gasteiger partial charge >= 0.3 is 0 Å². The third kappa shape index (κ3) is 0.856. The van der Waals surface area contributed by atoms with E-state index in [0.29, 0.717) is 0 Å². The van der Waals surface area contributed by atoms with Crippen LogP contribution in [0.15, 0.2) is 24.3 Å². The quantitative estimate of drug-likeness (QED) is 0.551.